The van der Waals surface area contributed by atoms with Crippen LogP contribution in [0, 0.1) is 0 Å². The molecule has 0 aliphatic rings. The second kappa shape index (κ2) is 3.99. The molecule has 0 heterocycles. The molecule has 0 aromatic heterocycles. The summed E-state index contributed by atoms with van der Waals surface area (Å²) in [4.78, 5) is 0. The lowest BCUT2D eigenvalue weighted by Gasteiger charge is -1.89. The first-order valence-corrected chi connectivity index (χ1v) is 3.28. The highest BCUT2D eigenvalue weighted by atomic mass is 32.2. The Kier molecular flexibility index (Phi) is 3.89. The van der Waals surface area contributed by atoms with Crippen molar-refractivity contribution in [1.29, 1.82) is 0 Å². The van der Waals surface area contributed by atoms with Gasteiger partial charge in [-0.3, -0.25) is 0 Å². The highest BCUT2D eigenvalue weighted by molar-refractivity contribution is 8.13. The van der Waals surface area contributed by atoms with Crippen LogP contribution in [0.2, 0.25) is 0 Å². The summed E-state index contributed by atoms with van der Waals surface area (Å²) < 4.78 is 0. The van der Waals surface area contributed by atoms with Crippen LogP contribution in [0.1, 0.15) is 6.92 Å². The molecule has 0 aromatic carbocycles. The maximum absolute atomic E-state index is 3.87. The third-order valence-corrected chi connectivity index (χ3v) is 1.25. The molecule has 0 saturated carbocycles. The summed E-state index contributed by atoms with van der Waals surface area (Å²) in [5.41, 5.74) is 2.69. The predicted molar refractivity (Wildman–Crippen MR) is 35.7 cm³/mol. The van der Waals surface area contributed by atoms with Gasteiger partial charge in [0.25, 0.3) is 0 Å². The first kappa shape index (κ1) is 6.82. The summed E-state index contributed by atoms with van der Waals surface area (Å²) in [6.45, 7) is 1.96. The van der Waals surface area contributed by atoms with Crippen LogP contribution in [0.5, 0.6) is 0 Å². The van der Waals surface area contributed by atoms with E-state index in [1.165, 1.54) is 0 Å². The largest absolute Gasteiger partial charge is 0.312 e. The summed E-state index contributed by atoms with van der Waals surface area (Å²) in [6, 6.07) is 0. The van der Waals surface area contributed by atoms with Crippen LogP contribution < -0.4 is 5.43 Å². The van der Waals surface area contributed by atoms with E-state index in [9.17, 15) is 0 Å². The van der Waals surface area contributed by atoms with Crippen molar-refractivity contribution in [1.82, 2.24) is 5.43 Å². The van der Waals surface area contributed by atoms with E-state index in [1.54, 1.807) is 18.8 Å². The number of nitrogens with one attached hydrogen (secondary N) is 1. The average Bonchev–Trinajstić information content (AvgIpc) is 1.68. The van der Waals surface area contributed by atoms with Crippen molar-refractivity contribution in [2.24, 2.45) is 5.10 Å². The number of thioether (sulfide) groups is 1. The molecule has 0 unspecified atom stereocenters. The average molecular weight is 118 g/mol. The number of rotatable bonds is 1. The van der Waals surface area contributed by atoms with Gasteiger partial charge in [-0.1, -0.05) is 0 Å². The van der Waals surface area contributed by atoms with E-state index in [2.05, 4.69) is 10.5 Å². The van der Waals surface area contributed by atoms with Crippen LogP contribution in [0.25, 0.3) is 0 Å². The van der Waals surface area contributed by atoms with Crippen molar-refractivity contribution >= 4 is 16.8 Å². The van der Waals surface area contributed by atoms with Crippen molar-refractivity contribution in [3.8, 4) is 0 Å². The van der Waals surface area contributed by atoms with Gasteiger partial charge in [-0.25, -0.2) is 0 Å². The molecular weight excluding hydrogens is 108 g/mol. The Balaban J connectivity index is 3.29. The van der Waals surface area contributed by atoms with Crippen molar-refractivity contribution in [2.75, 3.05) is 13.3 Å². The molecule has 0 fully saturated rings. The minimum atomic E-state index is 1.06. The zero-order valence-corrected chi connectivity index (χ0v) is 5.67. The molecule has 0 bridgehead atoms. The fraction of sp³-hybridized carbons (Fsp3) is 0.750. The van der Waals surface area contributed by atoms with Crippen LogP contribution in [0.15, 0.2) is 5.10 Å². The number of hydrazone groups is 1. The summed E-state index contributed by atoms with van der Waals surface area (Å²) in [6.07, 6.45) is 2.00. The van der Waals surface area contributed by atoms with Crippen LogP contribution in [-0.4, -0.2) is 18.3 Å². The highest BCUT2D eigenvalue weighted by Crippen LogP contribution is 1.92. The van der Waals surface area contributed by atoms with Crippen molar-refractivity contribution in [2.45, 2.75) is 6.92 Å². The van der Waals surface area contributed by atoms with Gasteiger partial charge >= 0.3 is 0 Å². The molecule has 0 amide bonds. The van der Waals surface area contributed by atoms with Gasteiger partial charge < -0.3 is 5.43 Å². The number of hydrogen-bond acceptors (Lipinski definition) is 3. The van der Waals surface area contributed by atoms with E-state index >= 15 is 0 Å². The first-order valence-electron chi connectivity index (χ1n) is 2.06. The van der Waals surface area contributed by atoms with Gasteiger partial charge in [0.15, 0.2) is 0 Å². The highest BCUT2D eigenvalue weighted by Gasteiger charge is 1.78. The molecular formula is C4H10N2S. The molecule has 0 radical (unpaired) electrons. The van der Waals surface area contributed by atoms with E-state index in [0.29, 0.717) is 0 Å². The summed E-state index contributed by atoms with van der Waals surface area (Å²) >= 11 is 1.64. The predicted octanol–water partition coefficient (Wildman–Crippen LogP) is 0.902. The van der Waals surface area contributed by atoms with Gasteiger partial charge in [-0.05, 0) is 13.2 Å². The lowest BCUT2D eigenvalue weighted by molar-refractivity contribution is 0.904. The molecule has 0 aliphatic heterocycles. The Morgan fingerprint density at radius 1 is 1.71 bits per heavy atom. The molecule has 42 valence electrons. The fourth-order valence-corrected chi connectivity index (χ4v) is 0.386. The van der Waals surface area contributed by atoms with E-state index in [-0.39, 0.29) is 0 Å². The molecule has 0 aromatic rings. The van der Waals surface area contributed by atoms with Gasteiger partial charge in [-0.15, -0.1) is 11.8 Å². The van der Waals surface area contributed by atoms with Crippen LogP contribution in [0.3, 0.4) is 0 Å². The Bertz CT molecular complexity index is 70.1. The van der Waals surface area contributed by atoms with Gasteiger partial charge in [0.05, 0.1) is 5.04 Å². The molecule has 2 nitrogen and oxygen atoms in total. The normalized spacial score (nSPS) is 11.6. The molecule has 7 heavy (non-hydrogen) atoms. The smallest absolute Gasteiger partial charge is 0.0897 e. The standard InChI is InChI=1S/C4H10N2S/c1-4(7-3)6-5-2/h5H,1-3H3/b6-4-. The molecule has 0 aliphatic carbocycles. The summed E-state index contributed by atoms with van der Waals surface area (Å²) in [7, 11) is 1.79. The second-order valence-electron chi connectivity index (χ2n) is 1.06. The van der Waals surface area contributed by atoms with Gasteiger partial charge in [-0.2, -0.15) is 5.10 Å². The molecule has 0 saturated heterocycles. The zero-order valence-electron chi connectivity index (χ0n) is 4.86. The summed E-state index contributed by atoms with van der Waals surface area (Å²) in [5.74, 6) is 0. The minimum Gasteiger partial charge on any atom is -0.312 e. The van der Waals surface area contributed by atoms with Crippen molar-refractivity contribution in [3.63, 3.8) is 0 Å². The van der Waals surface area contributed by atoms with Crippen LogP contribution in [-0.2, 0) is 0 Å². The molecule has 0 rings (SSSR count). The van der Waals surface area contributed by atoms with Crippen LogP contribution >= 0.6 is 11.8 Å². The Morgan fingerprint density at radius 2 is 2.29 bits per heavy atom. The third-order valence-electron chi connectivity index (χ3n) is 0.565. The van der Waals surface area contributed by atoms with Gasteiger partial charge in [0.2, 0.25) is 0 Å². The lowest BCUT2D eigenvalue weighted by Crippen LogP contribution is -1.96. The Labute approximate surface area is 48.4 Å². The van der Waals surface area contributed by atoms with Gasteiger partial charge in [0, 0.05) is 7.05 Å². The van der Waals surface area contributed by atoms with Crippen LogP contribution in [0.4, 0.5) is 0 Å². The first-order chi connectivity index (χ1) is 3.31. The molecule has 1 N–H and O–H groups in total. The van der Waals surface area contributed by atoms with Crippen molar-refractivity contribution in [3.05, 3.63) is 0 Å². The van der Waals surface area contributed by atoms with E-state index < -0.39 is 0 Å². The van der Waals surface area contributed by atoms with Gasteiger partial charge in [0.1, 0.15) is 0 Å². The monoisotopic (exact) mass is 118 g/mol. The SMILES string of the molecule is CN/N=C(/C)SC. The molecule has 0 spiro atoms. The maximum Gasteiger partial charge on any atom is 0.0897 e. The van der Waals surface area contributed by atoms with E-state index in [1.807, 2.05) is 13.2 Å². The van der Waals surface area contributed by atoms with E-state index in [0.717, 1.165) is 5.04 Å². The maximum atomic E-state index is 3.87. The van der Waals surface area contributed by atoms with E-state index in [4.69, 9.17) is 0 Å². The molecule has 0 atom stereocenters. The molecule has 3 heteroatoms. The number of nitrogens with zero attached hydrogens (tertiary/aromatic N) is 1. The number of hydrogen-bond donors (Lipinski definition) is 1. The Hall–Kier alpha value is -0.180. The topological polar surface area (TPSA) is 24.4 Å². The Morgan fingerprint density at radius 3 is 2.43 bits per heavy atom. The zero-order chi connectivity index (χ0) is 5.70. The summed E-state index contributed by atoms with van der Waals surface area (Å²) in [5, 5.41) is 4.93. The lowest BCUT2D eigenvalue weighted by atomic mass is 10.9. The quantitative estimate of drug-likeness (QED) is 0.314. The fourth-order valence-electron chi connectivity index (χ4n) is 0.203. The van der Waals surface area contributed by atoms with Crippen molar-refractivity contribution < 1.29 is 0 Å². The minimum absolute atomic E-state index is 1.06. The third kappa shape index (κ3) is 3.66. The second-order valence-corrected chi connectivity index (χ2v) is 2.06.